The molecular formula is C12H21BrO. The van der Waals surface area contributed by atoms with Gasteiger partial charge in [0.2, 0.25) is 0 Å². The first-order chi connectivity index (χ1) is 6.74. The van der Waals surface area contributed by atoms with Crippen LogP contribution in [0, 0.1) is 11.3 Å². The van der Waals surface area contributed by atoms with Gasteiger partial charge in [-0.3, -0.25) is 0 Å². The van der Waals surface area contributed by atoms with E-state index in [0.717, 1.165) is 17.9 Å². The van der Waals surface area contributed by atoms with E-state index in [4.69, 9.17) is 4.74 Å². The van der Waals surface area contributed by atoms with Gasteiger partial charge < -0.3 is 4.74 Å². The molecule has 0 radical (unpaired) electrons. The van der Waals surface area contributed by atoms with Crippen LogP contribution in [0.15, 0.2) is 0 Å². The van der Waals surface area contributed by atoms with Crippen molar-refractivity contribution >= 4 is 15.9 Å². The first-order valence-electron chi connectivity index (χ1n) is 5.92. The SMILES string of the molecule is CC1CCCC(OCC2(CBr)CC2)C1. The van der Waals surface area contributed by atoms with Crippen molar-refractivity contribution in [1.29, 1.82) is 0 Å². The Morgan fingerprint density at radius 2 is 2.14 bits per heavy atom. The molecule has 0 heterocycles. The van der Waals surface area contributed by atoms with Crippen molar-refractivity contribution in [2.45, 2.75) is 51.6 Å². The average molecular weight is 261 g/mol. The molecule has 0 amide bonds. The Bertz CT molecular complexity index is 189. The van der Waals surface area contributed by atoms with Crippen LogP contribution in [0.5, 0.6) is 0 Å². The van der Waals surface area contributed by atoms with E-state index in [-0.39, 0.29) is 0 Å². The summed E-state index contributed by atoms with van der Waals surface area (Å²) in [6, 6.07) is 0. The summed E-state index contributed by atoms with van der Waals surface area (Å²) in [5, 5.41) is 1.13. The molecule has 2 rings (SSSR count). The van der Waals surface area contributed by atoms with Crippen LogP contribution in [0.3, 0.4) is 0 Å². The molecule has 2 saturated carbocycles. The van der Waals surface area contributed by atoms with Crippen LogP contribution in [-0.2, 0) is 4.74 Å². The molecular weight excluding hydrogens is 240 g/mol. The van der Waals surface area contributed by atoms with Crippen LogP contribution in [0.25, 0.3) is 0 Å². The van der Waals surface area contributed by atoms with E-state index in [0.29, 0.717) is 11.5 Å². The minimum absolute atomic E-state index is 0.528. The van der Waals surface area contributed by atoms with Gasteiger partial charge in [0.15, 0.2) is 0 Å². The lowest BCUT2D eigenvalue weighted by molar-refractivity contribution is -0.00436. The summed E-state index contributed by atoms with van der Waals surface area (Å²) >= 11 is 3.59. The normalized spacial score (nSPS) is 35.6. The van der Waals surface area contributed by atoms with Crippen molar-refractivity contribution in [2.24, 2.45) is 11.3 Å². The Morgan fingerprint density at radius 1 is 1.36 bits per heavy atom. The van der Waals surface area contributed by atoms with Crippen LogP contribution in [0.4, 0.5) is 0 Å². The van der Waals surface area contributed by atoms with Crippen LogP contribution < -0.4 is 0 Å². The second-order valence-electron chi connectivity index (χ2n) is 5.34. The highest BCUT2D eigenvalue weighted by Crippen LogP contribution is 2.47. The van der Waals surface area contributed by atoms with Gasteiger partial charge in [0.05, 0.1) is 12.7 Å². The van der Waals surface area contributed by atoms with E-state index < -0.39 is 0 Å². The van der Waals surface area contributed by atoms with Gasteiger partial charge in [0, 0.05) is 10.7 Å². The zero-order valence-corrected chi connectivity index (χ0v) is 10.7. The van der Waals surface area contributed by atoms with E-state index in [2.05, 4.69) is 22.9 Å². The monoisotopic (exact) mass is 260 g/mol. The first-order valence-corrected chi connectivity index (χ1v) is 7.04. The lowest BCUT2D eigenvalue weighted by Crippen LogP contribution is -2.25. The van der Waals surface area contributed by atoms with Gasteiger partial charge in [-0.1, -0.05) is 35.7 Å². The maximum absolute atomic E-state index is 6.04. The first kappa shape index (κ1) is 10.9. The zero-order valence-electron chi connectivity index (χ0n) is 9.10. The lowest BCUT2D eigenvalue weighted by atomic mass is 9.88. The van der Waals surface area contributed by atoms with Gasteiger partial charge in [-0.25, -0.2) is 0 Å². The van der Waals surface area contributed by atoms with E-state index in [1.807, 2.05) is 0 Å². The predicted molar refractivity (Wildman–Crippen MR) is 62.8 cm³/mol. The van der Waals surface area contributed by atoms with E-state index >= 15 is 0 Å². The Hall–Kier alpha value is 0.440. The fourth-order valence-electron chi connectivity index (χ4n) is 2.32. The van der Waals surface area contributed by atoms with Crippen molar-refractivity contribution in [3.8, 4) is 0 Å². The van der Waals surface area contributed by atoms with Crippen LogP contribution in [-0.4, -0.2) is 18.0 Å². The third-order valence-electron chi connectivity index (χ3n) is 3.75. The summed E-state index contributed by atoms with van der Waals surface area (Å²) in [7, 11) is 0. The van der Waals surface area contributed by atoms with Crippen molar-refractivity contribution in [1.82, 2.24) is 0 Å². The van der Waals surface area contributed by atoms with Gasteiger partial charge in [0.1, 0.15) is 0 Å². The van der Waals surface area contributed by atoms with E-state index in [1.165, 1.54) is 38.5 Å². The van der Waals surface area contributed by atoms with Crippen LogP contribution in [0.2, 0.25) is 0 Å². The molecule has 0 bridgehead atoms. The van der Waals surface area contributed by atoms with Crippen molar-refractivity contribution < 1.29 is 4.74 Å². The molecule has 0 aliphatic heterocycles. The fourth-order valence-corrected chi connectivity index (χ4v) is 3.04. The number of hydrogen-bond acceptors (Lipinski definition) is 1. The zero-order chi connectivity index (χ0) is 10.0. The summed E-state index contributed by atoms with van der Waals surface area (Å²) in [6.07, 6.45) is 8.65. The molecule has 0 N–H and O–H groups in total. The quantitative estimate of drug-likeness (QED) is 0.700. The third kappa shape index (κ3) is 2.73. The molecule has 1 nitrogen and oxygen atoms in total. The molecule has 82 valence electrons. The Balaban J connectivity index is 1.69. The van der Waals surface area contributed by atoms with E-state index in [1.54, 1.807) is 0 Å². The van der Waals surface area contributed by atoms with Crippen molar-refractivity contribution in [3.05, 3.63) is 0 Å². The molecule has 0 aromatic heterocycles. The summed E-state index contributed by atoms with van der Waals surface area (Å²) in [4.78, 5) is 0. The average Bonchev–Trinajstić information content (AvgIpc) is 2.96. The molecule has 14 heavy (non-hydrogen) atoms. The van der Waals surface area contributed by atoms with Crippen molar-refractivity contribution in [2.75, 3.05) is 11.9 Å². The summed E-state index contributed by atoms with van der Waals surface area (Å²) in [5.41, 5.74) is 0.528. The lowest BCUT2D eigenvalue weighted by Gasteiger charge is -2.28. The largest absolute Gasteiger partial charge is 0.378 e. The Morgan fingerprint density at radius 3 is 2.71 bits per heavy atom. The van der Waals surface area contributed by atoms with Gasteiger partial charge in [0.25, 0.3) is 0 Å². The molecule has 2 aliphatic carbocycles. The Labute approximate surface area is 95.7 Å². The second-order valence-corrected chi connectivity index (χ2v) is 5.90. The van der Waals surface area contributed by atoms with Gasteiger partial charge in [-0.2, -0.15) is 0 Å². The molecule has 2 atom stereocenters. The highest BCUT2D eigenvalue weighted by Gasteiger charge is 2.42. The maximum Gasteiger partial charge on any atom is 0.0578 e. The number of rotatable bonds is 4. The molecule has 2 fully saturated rings. The predicted octanol–water partition coefficient (Wildman–Crippen LogP) is 3.76. The molecule has 0 aromatic carbocycles. The second kappa shape index (κ2) is 4.52. The summed E-state index contributed by atoms with van der Waals surface area (Å²) in [6.45, 7) is 3.35. The van der Waals surface area contributed by atoms with Crippen LogP contribution in [0.1, 0.15) is 45.4 Å². The summed E-state index contributed by atoms with van der Waals surface area (Å²) < 4.78 is 6.04. The Kier molecular flexibility index (Phi) is 3.54. The molecule has 0 aromatic rings. The fraction of sp³-hybridized carbons (Fsp3) is 1.00. The van der Waals surface area contributed by atoms with Gasteiger partial charge in [-0.05, 0) is 31.6 Å². The van der Waals surface area contributed by atoms with Gasteiger partial charge in [-0.15, -0.1) is 0 Å². The molecule has 0 saturated heterocycles. The van der Waals surface area contributed by atoms with E-state index in [9.17, 15) is 0 Å². The van der Waals surface area contributed by atoms with Crippen LogP contribution >= 0.6 is 15.9 Å². The summed E-state index contributed by atoms with van der Waals surface area (Å²) in [5.74, 6) is 0.882. The molecule has 0 spiro atoms. The van der Waals surface area contributed by atoms with Crippen molar-refractivity contribution in [3.63, 3.8) is 0 Å². The molecule has 2 unspecified atom stereocenters. The number of alkyl halides is 1. The number of halogens is 1. The van der Waals surface area contributed by atoms with Gasteiger partial charge >= 0.3 is 0 Å². The number of hydrogen-bond donors (Lipinski definition) is 0. The topological polar surface area (TPSA) is 9.23 Å². The molecule has 2 heteroatoms. The highest BCUT2D eigenvalue weighted by molar-refractivity contribution is 9.09. The highest BCUT2D eigenvalue weighted by atomic mass is 79.9. The maximum atomic E-state index is 6.04. The number of ether oxygens (including phenoxy) is 1. The standard InChI is InChI=1S/C12H21BrO/c1-10-3-2-4-11(7-10)14-9-12(8-13)5-6-12/h10-11H,2-9H2,1H3. The smallest absolute Gasteiger partial charge is 0.0578 e. The third-order valence-corrected chi connectivity index (χ3v) is 4.94. The minimum Gasteiger partial charge on any atom is -0.378 e. The minimum atomic E-state index is 0.528. The molecule has 2 aliphatic rings.